The van der Waals surface area contributed by atoms with Crippen LogP contribution in [0.5, 0.6) is 0 Å². The number of rotatable bonds is 4. The summed E-state index contributed by atoms with van der Waals surface area (Å²) in [5.74, 6) is 1.62. The first-order valence-corrected chi connectivity index (χ1v) is 7.83. The van der Waals surface area contributed by atoms with E-state index < -0.39 is 0 Å². The Kier molecular flexibility index (Phi) is 3.75. The van der Waals surface area contributed by atoms with E-state index in [0.717, 1.165) is 28.3 Å². The monoisotopic (exact) mass is 298 g/mol. The Morgan fingerprint density at radius 1 is 1.19 bits per heavy atom. The standard InChI is InChI=1S/C16H18N4S/c1-4-20(12-8-6-5-7-9-12)14-13-10-11(2)21-15(13)19-16(17-3)18-14/h5-10H,4H2,1-3H3,(H,17,18,19). The van der Waals surface area contributed by atoms with Crippen molar-refractivity contribution in [3.8, 4) is 0 Å². The van der Waals surface area contributed by atoms with Gasteiger partial charge in [0.15, 0.2) is 0 Å². The van der Waals surface area contributed by atoms with Gasteiger partial charge < -0.3 is 10.2 Å². The zero-order valence-corrected chi connectivity index (χ0v) is 13.2. The number of hydrogen-bond acceptors (Lipinski definition) is 5. The highest BCUT2D eigenvalue weighted by molar-refractivity contribution is 7.18. The van der Waals surface area contributed by atoms with Crippen molar-refractivity contribution >= 4 is 39.0 Å². The Labute approximate surface area is 128 Å². The Hall–Kier alpha value is -2.14. The van der Waals surface area contributed by atoms with Gasteiger partial charge in [0.05, 0.1) is 5.39 Å². The Bertz CT molecular complexity index is 752. The highest BCUT2D eigenvalue weighted by atomic mass is 32.1. The molecule has 5 heteroatoms. The first kappa shape index (κ1) is 13.8. The maximum absolute atomic E-state index is 4.69. The highest BCUT2D eigenvalue weighted by Gasteiger charge is 2.16. The fourth-order valence-electron chi connectivity index (χ4n) is 2.41. The van der Waals surface area contributed by atoms with Crippen LogP contribution in [0.15, 0.2) is 36.4 Å². The summed E-state index contributed by atoms with van der Waals surface area (Å²) in [4.78, 5) is 13.7. The molecule has 0 amide bonds. The molecule has 0 saturated heterocycles. The molecule has 0 fully saturated rings. The van der Waals surface area contributed by atoms with E-state index in [4.69, 9.17) is 4.98 Å². The third-order valence-corrected chi connectivity index (χ3v) is 4.30. The molecule has 0 aliphatic carbocycles. The van der Waals surface area contributed by atoms with E-state index in [0.29, 0.717) is 5.95 Å². The third-order valence-electron chi connectivity index (χ3n) is 3.36. The van der Waals surface area contributed by atoms with Gasteiger partial charge in [-0.1, -0.05) is 18.2 Å². The summed E-state index contributed by atoms with van der Waals surface area (Å²) < 4.78 is 0. The third kappa shape index (κ3) is 2.56. The molecule has 0 radical (unpaired) electrons. The smallest absolute Gasteiger partial charge is 0.225 e. The summed E-state index contributed by atoms with van der Waals surface area (Å²) in [6, 6.07) is 12.5. The maximum atomic E-state index is 4.69. The topological polar surface area (TPSA) is 41.1 Å². The molecule has 4 nitrogen and oxygen atoms in total. The molecule has 0 unspecified atom stereocenters. The van der Waals surface area contributed by atoms with Crippen LogP contribution >= 0.6 is 11.3 Å². The minimum absolute atomic E-state index is 0.661. The molecule has 0 bridgehead atoms. The summed E-state index contributed by atoms with van der Waals surface area (Å²) in [5.41, 5.74) is 1.14. The zero-order valence-electron chi connectivity index (χ0n) is 12.4. The van der Waals surface area contributed by atoms with Crippen LogP contribution in [0, 0.1) is 6.92 Å². The molecule has 1 N–H and O–H groups in total. The van der Waals surface area contributed by atoms with Gasteiger partial charge in [0.1, 0.15) is 10.6 Å². The second kappa shape index (κ2) is 5.69. The molecule has 0 aliphatic rings. The van der Waals surface area contributed by atoms with Crippen LogP contribution in [0.4, 0.5) is 17.5 Å². The van der Waals surface area contributed by atoms with Gasteiger partial charge in [-0.25, -0.2) is 4.98 Å². The van der Waals surface area contributed by atoms with Crippen molar-refractivity contribution in [1.82, 2.24) is 9.97 Å². The van der Waals surface area contributed by atoms with Gasteiger partial charge in [-0.3, -0.25) is 0 Å². The fourth-order valence-corrected chi connectivity index (χ4v) is 3.28. The van der Waals surface area contributed by atoms with Gasteiger partial charge in [-0.2, -0.15) is 4.98 Å². The van der Waals surface area contributed by atoms with Gasteiger partial charge >= 0.3 is 0 Å². The predicted molar refractivity (Wildman–Crippen MR) is 90.8 cm³/mol. The lowest BCUT2D eigenvalue weighted by atomic mass is 10.2. The Balaban J connectivity index is 2.21. The molecule has 108 valence electrons. The molecule has 3 aromatic rings. The Morgan fingerprint density at radius 3 is 2.62 bits per heavy atom. The molecule has 3 rings (SSSR count). The molecular formula is C16H18N4S. The van der Waals surface area contributed by atoms with E-state index >= 15 is 0 Å². The SMILES string of the molecule is CCN(c1ccccc1)c1nc(NC)nc2sc(C)cc12. The normalized spacial score (nSPS) is 10.8. The summed E-state index contributed by atoms with van der Waals surface area (Å²) in [7, 11) is 1.85. The van der Waals surface area contributed by atoms with E-state index in [1.165, 1.54) is 4.88 Å². The lowest BCUT2D eigenvalue weighted by Gasteiger charge is -2.23. The molecule has 0 spiro atoms. The first-order chi connectivity index (χ1) is 10.2. The number of hydrogen-bond donors (Lipinski definition) is 1. The average molecular weight is 298 g/mol. The molecule has 0 aliphatic heterocycles. The van der Waals surface area contributed by atoms with Crippen molar-refractivity contribution in [3.05, 3.63) is 41.3 Å². The second-order valence-electron chi connectivity index (χ2n) is 4.78. The molecule has 0 saturated carbocycles. The van der Waals surface area contributed by atoms with Crippen molar-refractivity contribution < 1.29 is 0 Å². The van der Waals surface area contributed by atoms with Crippen molar-refractivity contribution in [2.45, 2.75) is 13.8 Å². The molecule has 0 atom stereocenters. The fraction of sp³-hybridized carbons (Fsp3) is 0.250. The van der Waals surface area contributed by atoms with Crippen LogP contribution in [0.1, 0.15) is 11.8 Å². The van der Waals surface area contributed by atoms with Crippen LogP contribution in [0.3, 0.4) is 0 Å². The number of aryl methyl sites for hydroxylation is 1. The van der Waals surface area contributed by atoms with E-state index in [2.05, 4.69) is 47.2 Å². The van der Waals surface area contributed by atoms with E-state index in [1.54, 1.807) is 11.3 Å². The van der Waals surface area contributed by atoms with Crippen LogP contribution in [0.2, 0.25) is 0 Å². The van der Waals surface area contributed by atoms with Crippen LogP contribution in [-0.4, -0.2) is 23.6 Å². The summed E-state index contributed by atoms with van der Waals surface area (Å²) in [5, 5.41) is 4.17. The number of thiophene rings is 1. The molecule has 2 aromatic heterocycles. The number of benzene rings is 1. The highest BCUT2D eigenvalue weighted by Crippen LogP contribution is 2.34. The van der Waals surface area contributed by atoms with Crippen molar-refractivity contribution in [2.75, 3.05) is 23.8 Å². The van der Waals surface area contributed by atoms with Gasteiger partial charge in [0.2, 0.25) is 5.95 Å². The maximum Gasteiger partial charge on any atom is 0.225 e. The van der Waals surface area contributed by atoms with E-state index in [9.17, 15) is 0 Å². The summed E-state index contributed by atoms with van der Waals surface area (Å²) in [6.07, 6.45) is 0. The average Bonchev–Trinajstić information content (AvgIpc) is 2.89. The van der Waals surface area contributed by atoms with Crippen LogP contribution in [-0.2, 0) is 0 Å². The Morgan fingerprint density at radius 2 is 1.95 bits per heavy atom. The number of para-hydroxylation sites is 1. The van der Waals surface area contributed by atoms with Crippen molar-refractivity contribution in [3.63, 3.8) is 0 Å². The number of fused-ring (bicyclic) bond motifs is 1. The molecule has 2 heterocycles. The minimum atomic E-state index is 0.661. The van der Waals surface area contributed by atoms with Gasteiger partial charge in [-0.15, -0.1) is 11.3 Å². The number of nitrogens with one attached hydrogen (secondary N) is 1. The van der Waals surface area contributed by atoms with Gasteiger partial charge in [-0.05, 0) is 32.0 Å². The number of anilines is 3. The van der Waals surface area contributed by atoms with Crippen molar-refractivity contribution in [1.29, 1.82) is 0 Å². The zero-order chi connectivity index (χ0) is 14.8. The summed E-state index contributed by atoms with van der Waals surface area (Å²) >= 11 is 1.70. The number of aromatic nitrogens is 2. The van der Waals surface area contributed by atoms with Crippen LogP contribution < -0.4 is 10.2 Å². The molecular weight excluding hydrogens is 280 g/mol. The second-order valence-corrected chi connectivity index (χ2v) is 6.01. The first-order valence-electron chi connectivity index (χ1n) is 7.01. The lowest BCUT2D eigenvalue weighted by molar-refractivity contribution is 0.991. The van der Waals surface area contributed by atoms with Crippen LogP contribution in [0.25, 0.3) is 10.2 Å². The molecule has 1 aromatic carbocycles. The largest absolute Gasteiger partial charge is 0.357 e. The minimum Gasteiger partial charge on any atom is -0.357 e. The van der Waals surface area contributed by atoms with E-state index in [-0.39, 0.29) is 0 Å². The lowest BCUT2D eigenvalue weighted by Crippen LogP contribution is -2.18. The van der Waals surface area contributed by atoms with Crippen molar-refractivity contribution in [2.24, 2.45) is 0 Å². The molecule has 21 heavy (non-hydrogen) atoms. The quantitative estimate of drug-likeness (QED) is 0.783. The predicted octanol–water partition coefficient (Wildman–Crippen LogP) is 4.20. The van der Waals surface area contributed by atoms with Gasteiger partial charge in [0.25, 0.3) is 0 Å². The number of nitrogens with zero attached hydrogens (tertiary/aromatic N) is 3. The van der Waals surface area contributed by atoms with Gasteiger partial charge in [0, 0.05) is 24.2 Å². The van der Waals surface area contributed by atoms with E-state index in [1.807, 2.05) is 25.2 Å². The summed E-state index contributed by atoms with van der Waals surface area (Å²) in [6.45, 7) is 5.10.